The fourth-order valence-corrected chi connectivity index (χ4v) is 4.34. The first kappa shape index (κ1) is 17.6. The standard InChI is InChI=1S/C22H21N3O5/c26-20(14-1-3-18-19(11-14)29-10-9-28-18)23-15-2-4-17-16(12-15)24-21(30-17)25-7-5-22(25)6-8-27-13-22/h1-4,11-12H,5-10,13H2,(H,23,26). The molecule has 30 heavy (non-hydrogen) atoms. The van der Waals surface area contributed by atoms with Crippen LogP contribution in [0.1, 0.15) is 23.2 Å². The van der Waals surface area contributed by atoms with Gasteiger partial charge in [-0.15, -0.1) is 0 Å². The minimum Gasteiger partial charge on any atom is -0.486 e. The maximum Gasteiger partial charge on any atom is 0.298 e. The Morgan fingerprint density at radius 2 is 1.93 bits per heavy atom. The molecule has 1 aromatic heterocycles. The number of hydrogen-bond acceptors (Lipinski definition) is 7. The van der Waals surface area contributed by atoms with Gasteiger partial charge in [-0.05, 0) is 49.2 Å². The molecule has 1 amide bonds. The fraction of sp³-hybridized carbons (Fsp3) is 0.364. The molecule has 0 aliphatic carbocycles. The Labute approximate surface area is 172 Å². The summed E-state index contributed by atoms with van der Waals surface area (Å²) in [5.41, 5.74) is 2.61. The molecule has 0 radical (unpaired) electrons. The highest BCUT2D eigenvalue weighted by atomic mass is 16.6. The van der Waals surface area contributed by atoms with E-state index in [9.17, 15) is 4.79 Å². The lowest BCUT2D eigenvalue weighted by Crippen LogP contribution is -2.61. The number of anilines is 2. The smallest absolute Gasteiger partial charge is 0.298 e. The van der Waals surface area contributed by atoms with Gasteiger partial charge in [0.05, 0.1) is 12.1 Å². The van der Waals surface area contributed by atoms with Crippen LogP contribution in [0.2, 0.25) is 0 Å². The summed E-state index contributed by atoms with van der Waals surface area (Å²) in [6.45, 7) is 3.43. The number of rotatable bonds is 3. The lowest BCUT2D eigenvalue weighted by atomic mass is 9.84. The SMILES string of the molecule is O=C(Nc1ccc2oc(N3CCC34CCOC4)nc2c1)c1ccc2c(c1)OCCO2. The normalized spacial score (nSPS) is 22.3. The lowest BCUT2D eigenvalue weighted by Gasteiger charge is -2.48. The molecule has 2 fully saturated rings. The van der Waals surface area contributed by atoms with Gasteiger partial charge in [0.15, 0.2) is 17.1 Å². The van der Waals surface area contributed by atoms with Gasteiger partial charge in [-0.1, -0.05) is 0 Å². The molecular weight excluding hydrogens is 386 g/mol. The van der Waals surface area contributed by atoms with E-state index in [2.05, 4.69) is 15.2 Å². The Hall–Kier alpha value is -3.26. The van der Waals surface area contributed by atoms with Gasteiger partial charge in [-0.3, -0.25) is 4.79 Å². The summed E-state index contributed by atoms with van der Waals surface area (Å²) >= 11 is 0. The van der Waals surface area contributed by atoms with Gasteiger partial charge in [0.2, 0.25) is 0 Å². The zero-order valence-electron chi connectivity index (χ0n) is 16.3. The number of oxazole rings is 1. The quantitative estimate of drug-likeness (QED) is 0.713. The largest absolute Gasteiger partial charge is 0.486 e. The molecule has 1 spiro atoms. The third-order valence-electron chi connectivity index (χ3n) is 6.13. The third kappa shape index (κ3) is 2.79. The van der Waals surface area contributed by atoms with Gasteiger partial charge >= 0.3 is 0 Å². The second kappa shape index (κ2) is 6.63. The summed E-state index contributed by atoms with van der Waals surface area (Å²) in [6, 6.07) is 11.3. The third-order valence-corrected chi connectivity index (χ3v) is 6.13. The molecule has 3 aliphatic heterocycles. The minimum atomic E-state index is -0.222. The van der Waals surface area contributed by atoms with E-state index in [1.165, 1.54) is 0 Å². The van der Waals surface area contributed by atoms with Crippen molar-refractivity contribution in [1.29, 1.82) is 0 Å². The van der Waals surface area contributed by atoms with E-state index in [0.29, 0.717) is 53.1 Å². The molecule has 2 aromatic carbocycles. The van der Waals surface area contributed by atoms with Crippen molar-refractivity contribution in [2.24, 2.45) is 0 Å². The predicted molar refractivity (Wildman–Crippen MR) is 110 cm³/mol. The number of nitrogens with zero attached hydrogens (tertiary/aromatic N) is 2. The Balaban J connectivity index is 1.22. The molecule has 3 aliphatic rings. The maximum atomic E-state index is 12.7. The highest BCUT2D eigenvalue weighted by Crippen LogP contribution is 2.42. The van der Waals surface area contributed by atoms with Gasteiger partial charge in [-0.25, -0.2) is 0 Å². The first-order chi connectivity index (χ1) is 14.7. The number of fused-ring (bicyclic) bond motifs is 2. The summed E-state index contributed by atoms with van der Waals surface area (Å²) in [6.07, 6.45) is 2.10. The Kier molecular flexibility index (Phi) is 3.89. The first-order valence-corrected chi connectivity index (χ1v) is 10.2. The number of benzene rings is 2. The molecule has 0 saturated carbocycles. The van der Waals surface area contributed by atoms with Crippen molar-refractivity contribution in [3.8, 4) is 11.5 Å². The Morgan fingerprint density at radius 3 is 2.73 bits per heavy atom. The van der Waals surface area contributed by atoms with Crippen molar-refractivity contribution in [1.82, 2.24) is 4.98 Å². The van der Waals surface area contributed by atoms with Crippen LogP contribution >= 0.6 is 0 Å². The van der Waals surface area contributed by atoms with Crippen LogP contribution in [-0.2, 0) is 4.74 Å². The highest BCUT2D eigenvalue weighted by Gasteiger charge is 2.49. The van der Waals surface area contributed by atoms with Gasteiger partial charge in [0.25, 0.3) is 11.9 Å². The van der Waals surface area contributed by atoms with Gasteiger partial charge in [0, 0.05) is 24.4 Å². The van der Waals surface area contributed by atoms with Gasteiger partial charge < -0.3 is 28.8 Å². The van der Waals surface area contributed by atoms with Crippen molar-refractivity contribution in [2.45, 2.75) is 18.4 Å². The fourth-order valence-electron chi connectivity index (χ4n) is 4.34. The molecule has 6 rings (SSSR count). The lowest BCUT2D eigenvalue weighted by molar-refractivity contribution is 0.102. The van der Waals surface area contributed by atoms with Crippen LogP contribution in [0.5, 0.6) is 11.5 Å². The number of nitrogens with one attached hydrogen (secondary N) is 1. The molecule has 154 valence electrons. The van der Waals surface area contributed by atoms with Crippen molar-refractivity contribution in [2.75, 3.05) is 43.2 Å². The maximum absolute atomic E-state index is 12.7. The average Bonchev–Trinajstić information content (AvgIpc) is 3.41. The molecule has 0 bridgehead atoms. The van der Waals surface area contributed by atoms with Crippen LogP contribution in [-0.4, -0.2) is 49.4 Å². The summed E-state index contributed by atoms with van der Waals surface area (Å²) < 4.78 is 22.6. The van der Waals surface area contributed by atoms with Gasteiger partial charge in [-0.2, -0.15) is 4.98 Å². The second-order valence-electron chi connectivity index (χ2n) is 7.92. The Morgan fingerprint density at radius 1 is 1.03 bits per heavy atom. The molecule has 8 heteroatoms. The first-order valence-electron chi connectivity index (χ1n) is 10.2. The minimum absolute atomic E-state index is 0.0379. The van der Waals surface area contributed by atoms with Crippen LogP contribution in [0.25, 0.3) is 11.1 Å². The zero-order valence-corrected chi connectivity index (χ0v) is 16.3. The van der Waals surface area contributed by atoms with E-state index in [4.69, 9.17) is 18.6 Å². The summed E-state index contributed by atoms with van der Waals surface area (Å²) in [4.78, 5) is 19.6. The molecule has 8 nitrogen and oxygen atoms in total. The molecule has 1 atom stereocenters. The van der Waals surface area contributed by atoms with Crippen molar-refractivity contribution < 1.29 is 23.4 Å². The predicted octanol–water partition coefficient (Wildman–Crippen LogP) is 3.22. The molecular formula is C22H21N3O5. The zero-order chi connectivity index (χ0) is 20.1. The van der Waals surface area contributed by atoms with Gasteiger partial charge in [0.1, 0.15) is 18.7 Å². The molecule has 1 N–H and O–H groups in total. The van der Waals surface area contributed by atoms with Crippen molar-refractivity contribution >= 4 is 28.7 Å². The van der Waals surface area contributed by atoms with Crippen LogP contribution in [0.4, 0.5) is 11.7 Å². The average molecular weight is 407 g/mol. The number of carbonyl (C=O) groups is 1. The van der Waals surface area contributed by atoms with E-state index >= 15 is 0 Å². The van der Waals surface area contributed by atoms with E-state index in [0.717, 1.165) is 32.6 Å². The molecule has 4 heterocycles. The second-order valence-corrected chi connectivity index (χ2v) is 7.92. The van der Waals surface area contributed by atoms with Crippen LogP contribution in [0.3, 0.4) is 0 Å². The number of hydrogen-bond donors (Lipinski definition) is 1. The van der Waals surface area contributed by atoms with E-state index in [1.807, 2.05) is 18.2 Å². The number of ether oxygens (including phenoxy) is 3. The number of aromatic nitrogens is 1. The van der Waals surface area contributed by atoms with Crippen LogP contribution < -0.4 is 19.7 Å². The molecule has 2 saturated heterocycles. The number of carbonyl (C=O) groups excluding carboxylic acids is 1. The summed E-state index contributed by atoms with van der Waals surface area (Å²) in [5.74, 6) is 1.02. The van der Waals surface area contributed by atoms with Crippen LogP contribution in [0.15, 0.2) is 40.8 Å². The van der Waals surface area contributed by atoms with E-state index in [1.54, 1.807) is 18.2 Å². The van der Waals surface area contributed by atoms with E-state index < -0.39 is 0 Å². The van der Waals surface area contributed by atoms with Crippen molar-refractivity contribution in [3.05, 3.63) is 42.0 Å². The topological polar surface area (TPSA) is 86.1 Å². The monoisotopic (exact) mass is 407 g/mol. The van der Waals surface area contributed by atoms with Crippen molar-refractivity contribution in [3.63, 3.8) is 0 Å². The Bertz CT molecular complexity index is 1140. The highest BCUT2D eigenvalue weighted by molar-refractivity contribution is 6.05. The number of amides is 1. The summed E-state index contributed by atoms with van der Waals surface area (Å²) in [7, 11) is 0. The summed E-state index contributed by atoms with van der Waals surface area (Å²) in [5, 5.41) is 2.92. The molecule has 3 aromatic rings. The van der Waals surface area contributed by atoms with Crippen LogP contribution in [0, 0.1) is 0 Å². The molecule has 1 unspecified atom stereocenters. The van der Waals surface area contributed by atoms with E-state index in [-0.39, 0.29) is 11.4 Å².